The third-order valence-corrected chi connectivity index (χ3v) is 4.29. The van der Waals surface area contributed by atoms with E-state index < -0.39 is 0 Å². The summed E-state index contributed by atoms with van der Waals surface area (Å²) in [6.07, 6.45) is 0. The van der Waals surface area contributed by atoms with Crippen LogP contribution < -0.4 is 5.53 Å². The van der Waals surface area contributed by atoms with Gasteiger partial charge in [-0.2, -0.15) is 0 Å². The standard InChI is InChI=1S/C14H12N6OS/c1-19-14(21)20-8-15-11(12(20)17-18-19)13-16-10(7-22-13)9-5-3-2-4-6-9/h2-7,18H,8H2,1H3. The molecule has 1 N–H and O–H groups in total. The molecule has 2 amide bonds. The molecule has 2 aliphatic rings. The van der Waals surface area contributed by atoms with Crippen LogP contribution in [0.1, 0.15) is 5.01 Å². The SMILES string of the molecule is CN1NN=C2C(c3nc(-c4ccccc4)cs3)=NCN2C1=O. The van der Waals surface area contributed by atoms with Crippen molar-refractivity contribution in [2.75, 3.05) is 13.7 Å². The second-order valence-corrected chi connectivity index (χ2v) is 5.72. The number of amidine groups is 1. The number of rotatable bonds is 2. The molecule has 0 radical (unpaired) electrons. The Morgan fingerprint density at radius 2 is 2.09 bits per heavy atom. The molecule has 1 aromatic carbocycles. The highest BCUT2D eigenvalue weighted by Gasteiger charge is 2.36. The van der Waals surface area contributed by atoms with Crippen LogP contribution in [0.2, 0.25) is 0 Å². The first-order valence-corrected chi connectivity index (χ1v) is 7.57. The minimum Gasteiger partial charge on any atom is -0.256 e. The number of fused-ring (bicyclic) bond motifs is 1. The number of hydrogen-bond acceptors (Lipinski definition) is 6. The molecule has 8 heteroatoms. The summed E-state index contributed by atoms with van der Waals surface area (Å²) in [7, 11) is 1.62. The van der Waals surface area contributed by atoms with Crippen molar-refractivity contribution in [3.63, 3.8) is 0 Å². The number of hydrazone groups is 1. The summed E-state index contributed by atoms with van der Waals surface area (Å²) in [6, 6.07) is 9.78. The number of nitrogens with zero attached hydrogens (tertiary/aromatic N) is 5. The first-order chi connectivity index (χ1) is 10.7. The van der Waals surface area contributed by atoms with Crippen LogP contribution in [0.15, 0.2) is 45.8 Å². The highest BCUT2D eigenvalue weighted by molar-refractivity contribution is 7.13. The number of hydrogen-bond donors (Lipinski definition) is 1. The molecule has 22 heavy (non-hydrogen) atoms. The van der Waals surface area contributed by atoms with E-state index in [4.69, 9.17) is 0 Å². The third kappa shape index (κ3) is 1.96. The van der Waals surface area contributed by atoms with Crippen LogP contribution in [-0.2, 0) is 0 Å². The lowest BCUT2D eigenvalue weighted by Gasteiger charge is -2.28. The van der Waals surface area contributed by atoms with E-state index in [1.807, 2.05) is 35.7 Å². The number of benzene rings is 1. The fourth-order valence-corrected chi connectivity index (χ4v) is 3.14. The minimum atomic E-state index is -0.177. The van der Waals surface area contributed by atoms with Gasteiger partial charge in [0.1, 0.15) is 17.4 Å². The molecule has 7 nitrogen and oxygen atoms in total. The van der Waals surface area contributed by atoms with E-state index >= 15 is 0 Å². The van der Waals surface area contributed by atoms with Gasteiger partial charge in [-0.05, 0) is 0 Å². The van der Waals surface area contributed by atoms with Gasteiger partial charge in [0.25, 0.3) is 0 Å². The van der Waals surface area contributed by atoms with Crippen molar-refractivity contribution in [2.45, 2.75) is 0 Å². The van der Waals surface area contributed by atoms with Gasteiger partial charge in [0.05, 0.1) is 5.69 Å². The molecular formula is C14H12N6OS. The molecule has 0 atom stereocenters. The molecule has 110 valence electrons. The zero-order valence-electron chi connectivity index (χ0n) is 11.7. The number of urea groups is 1. The number of aliphatic imine (C=N–C) groups is 1. The van der Waals surface area contributed by atoms with Gasteiger partial charge >= 0.3 is 6.03 Å². The van der Waals surface area contributed by atoms with Crippen LogP contribution in [-0.4, -0.2) is 46.2 Å². The Morgan fingerprint density at radius 3 is 2.91 bits per heavy atom. The van der Waals surface area contributed by atoms with Crippen LogP contribution in [0.25, 0.3) is 11.3 Å². The van der Waals surface area contributed by atoms with Gasteiger partial charge < -0.3 is 0 Å². The Bertz CT molecular complexity index is 797. The van der Waals surface area contributed by atoms with E-state index in [1.165, 1.54) is 21.2 Å². The quantitative estimate of drug-likeness (QED) is 0.918. The third-order valence-electron chi connectivity index (χ3n) is 3.44. The Hall–Kier alpha value is -2.74. The number of carbonyl (C=O) groups excluding carboxylic acids is 1. The fourth-order valence-electron chi connectivity index (χ4n) is 2.30. The Balaban J connectivity index is 1.67. The van der Waals surface area contributed by atoms with E-state index in [2.05, 4.69) is 20.6 Å². The lowest BCUT2D eigenvalue weighted by atomic mass is 10.2. The topological polar surface area (TPSA) is 73.2 Å². The molecule has 4 rings (SSSR count). The van der Waals surface area contributed by atoms with Gasteiger partial charge in [-0.3, -0.25) is 9.89 Å². The van der Waals surface area contributed by atoms with Crippen LogP contribution >= 0.6 is 11.3 Å². The minimum absolute atomic E-state index is 0.177. The van der Waals surface area contributed by atoms with Gasteiger partial charge in [-0.25, -0.2) is 20.3 Å². The largest absolute Gasteiger partial charge is 0.346 e. The highest BCUT2D eigenvalue weighted by atomic mass is 32.1. The highest BCUT2D eigenvalue weighted by Crippen LogP contribution is 2.24. The Labute approximate surface area is 130 Å². The van der Waals surface area contributed by atoms with Crippen LogP contribution in [0.3, 0.4) is 0 Å². The van der Waals surface area contributed by atoms with Crippen molar-refractivity contribution in [3.05, 3.63) is 40.7 Å². The summed E-state index contributed by atoms with van der Waals surface area (Å²) in [5.74, 6) is 0.525. The average Bonchev–Trinajstić information content (AvgIpc) is 3.18. The van der Waals surface area contributed by atoms with Gasteiger partial charge in [0, 0.05) is 18.0 Å². The summed E-state index contributed by atoms with van der Waals surface area (Å²) in [4.78, 5) is 22.6. The van der Waals surface area contributed by atoms with E-state index in [9.17, 15) is 4.79 Å². The molecule has 3 heterocycles. The Kier molecular flexibility index (Phi) is 2.90. The lowest BCUT2D eigenvalue weighted by molar-refractivity contribution is 0.159. The smallest absolute Gasteiger partial charge is 0.256 e. The second-order valence-electron chi connectivity index (χ2n) is 4.86. The molecule has 0 saturated heterocycles. The van der Waals surface area contributed by atoms with E-state index in [0.29, 0.717) is 11.5 Å². The van der Waals surface area contributed by atoms with Crippen molar-refractivity contribution < 1.29 is 4.79 Å². The van der Waals surface area contributed by atoms with Crippen molar-refractivity contribution in [2.24, 2.45) is 10.1 Å². The number of aromatic nitrogens is 1. The molecule has 0 spiro atoms. The van der Waals surface area contributed by atoms with Crippen molar-refractivity contribution in [3.8, 4) is 11.3 Å². The Morgan fingerprint density at radius 1 is 1.27 bits per heavy atom. The maximum absolute atomic E-state index is 12.0. The van der Waals surface area contributed by atoms with Crippen molar-refractivity contribution in [1.82, 2.24) is 20.4 Å². The number of thiazole rings is 1. The van der Waals surface area contributed by atoms with Crippen molar-refractivity contribution in [1.29, 1.82) is 0 Å². The molecule has 0 unspecified atom stereocenters. The lowest BCUT2D eigenvalue weighted by Crippen LogP contribution is -2.53. The average molecular weight is 312 g/mol. The second kappa shape index (κ2) is 4.92. The molecular weight excluding hydrogens is 300 g/mol. The van der Waals surface area contributed by atoms with Gasteiger partial charge in [-0.1, -0.05) is 30.3 Å². The summed E-state index contributed by atoms with van der Waals surface area (Å²) >= 11 is 1.50. The predicted molar refractivity (Wildman–Crippen MR) is 84.5 cm³/mol. The molecule has 0 bridgehead atoms. The first-order valence-electron chi connectivity index (χ1n) is 6.69. The molecule has 2 aliphatic heterocycles. The van der Waals surface area contributed by atoms with E-state index in [0.717, 1.165) is 16.3 Å². The summed E-state index contributed by atoms with van der Waals surface area (Å²) < 4.78 is 0. The summed E-state index contributed by atoms with van der Waals surface area (Å²) in [5.41, 5.74) is 5.27. The monoisotopic (exact) mass is 312 g/mol. The molecule has 0 saturated carbocycles. The number of carbonyl (C=O) groups is 1. The zero-order chi connectivity index (χ0) is 15.1. The first kappa shape index (κ1) is 13.0. The molecule has 1 aromatic heterocycles. The maximum atomic E-state index is 12.0. The fraction of sp³-hybridized carbons (Fsp3) is 0.143. The van der Waals surface area contributed by atoms with Gasteiger partial charge in [-0.15, -0.1) is 16.4 Å². The van der Waals surface area contributed by atoms with E-state index in [-0.39, 0.29) is 12.7 Å². The summed E-state index contributed by atoms with van der Waals surface area (Å²) in [6.45, 7) is 0.277. The normalized spacial score (nSPS) is 17.0. The number of nitrogens with one attached hydrogen (secondary N) is 1. The molecule has 0 fully saturated rings. The maximum Gasteiger partial charge on any atom is 0.346 e. The van der Waals surface area contributed by atoms with Gasteiger partial charge in [0.2, 0.25) is 0 Å². The van der Waals surface area contributed by atoms with Crippen LogP contribution in [0, 0.1) is 0 Å². The predicted octanol–water partition coefficient (Wildman–Crippen LogP) is 1.76. The zero-order valence-corrected chi connectivity index (χ0v) is 12.5. The summed E-state index contributed by atoms with van der Waals surface area (Å²) in [5, 5.41) is 8.26. The van der Waals surface area contributed by atoms with Crippen molar-refractivity contribution >= 4 is 28.9 Å². The van der Waals surface area contributed by atoms with Crippen LogP contribution in [0.4, 0.5) is 4.79 Å². The molecule has 0 aliphatic carbocycles. The van der Waals surface area contributed by atoms with Gasteiger partial charge in [0.15, 0.2) is 5.84 Å². The molecule has 2 aromatic rings. The number of amides is 2. The van der Waals surface area contributed by atoms with Crippen LogP contribution in [0.5, 0.6) is 0 Å². The number of hydrazine groups is 1. The van der Waals surface area contributed by atoms with E-state index in [1.54, 1.807) is 7.05 Å².